The van der Waals surface area contributed by atoms with Gasteiger partial charge in [0.25, 0.3) is 0 Å². The summed E-state index contributed by atoms with van der Waals surface area (Å²) < 4.78 is 12.8. The third-order valence-corrected chi connectivity index (χ3v) is 3.03. The predicted octanol–water partition coefficient (Wildman–Crippen LogP) is 2.01. The summed E-state index contributed by atoms with van der Waals surface area (Å²) in [5.74, 6) is 2.35. The fourth-order valence-corrected chi connectivity index (χ4v) is 1.99. The summed E-state index contributed by atoms with van der Waals surface area (Å²) in [6.07, 6.45) is 0. The van der Waals surface area contributed by atoms with E-state index in [4.69, 9.17) is 21.7 Å². The molecule has 0 atom stereocenters. The summed E-state index contributed by atoms with van der Waals surface area (Å²) in [5, 5.41) is 6.75. The average molecular weight is 280 g/mol. The minimum Gasteiger partial charge on any atom is -0.497 e. The molecule has 0 bridgehead atoms. The lowest BCUT2D eigenvalue weighted by Gasteiger charge is -2.12. The number of H-pyrrole nitrogens is 1. The maximum Gasteiger partial charge on any atom is 0.214 e. The molecule has 7 heteroatoms. The molecule has 0 aliphatic heterocycles. The largest absolute Gasteiger partial charge is 0.497 e. The van der Waals surface area contributed by atoms with Gasteiger partial charge in [0.05, 0.1) is 20.8 Å². The number of rotatable bonds is 5. The van der Waals surface area contributed by atoms with E-state index >= 15 is 0 Å². The Morgan fingerprint density at radius 1 is 1.37 bits per heavy atom. The van der Waals surface area contributed by atoms with Crippen molar-refractivity contribution in [3.63, 3.8) is 0 Å². The van der Waals surface area contributed by atoms with Gasteiger partial charge in [-0.1, -0.05) is 0 Å². The van der Waals surface area contributed by atoms with Crippen molar-refractivity contribution in [1.29, 1.82) is 0 Å². The fourth-order valence-electron chi connectivity index (χ4n) is 1.75. The van der Waals surface area contributed by atoms with Gasteiger partial charge in [0.2, 0.25) is 4.77 Å². The van der Waals surface area contributed by atoms with Crippen LogP contribution in [0.3, 0.4) is 0 Å². The van der Waals surface area contributed by atoms with Crippen molar-refractivity contribution in [2.45, 2.75) is 13.5 Å². The zero-order chi connectivity index (χ0) is 13.8. The molecule has 2 rings (SSSR count). The predicted molar refractivity (Wildman–Crippen MR) is 74.8 cm³/mol. The quantitative estimate of drug-likeness (QED) is 0.820. The number of methoxy groups -OCH3 is 2. The van der Waals surface area contributed by atoms with Gasteiger partial charge >= 0.3 is 0 Å². The molecule has 2 aromatic rings. The van der Waals surface area contributed by atoms with Crippen LogP contribution < -0.4 is 14.9 Å². The molecule has 6 nitrogen and oxygen atoms in total. The summed E-state index contributed by atoms with van der Waals surface area (Å²) >= 11 is 5.12. The molecule has 0 saturated heterocycles. The smallest absolute Gasteiger partial charge is 0.214 e. The van der Waals surface area contributed by atoms with Gasteiger partial charge < -0.3 is 14.9 Å². The molecule has 0 amide bonds. The topological polar surface area (TPSA) is 64.1 Å². The maximum atomic E-state index is 5.32. The van der Waals surface area contributed by atoms with Crippen LogP contribution in [-0.2, 0) is 6.54 Å². The number of benzene rings is 1. The molecular formula is C12H16N4O2S. The number of aromatic amines is 1. The Bertz CT molecular complexity index is 620. The van der Waals surface area contributed by atoms with Crippen molar-refractivity contribution >= 4 is 12.2 Å². The SMILES string of the molecule is COc1ccc(OC)c(CNn2c(C)n[nH]c2=S)c1. The minimum absolute atomic E-state index is 0.527. The number of ether oxygens (including phenoxy) is 2. The Balaban J connectivity index is 2.21. The Hall–Kier alpha value is -2.02. The van der Waals surface area contributed by atoms with Crippen LogP contribution in [0.5, 0.6) is 11.5 Å². The van der Waals surface area contributed by atoms with E-state index in [1.54, 1.807) is 18.9 Å². The summed E-state index contributed by atoms with van der Waals surface area (Å²) in [6, 6.07) is 5.65. The summed E-state index contributed by atoms with van der Waals surface area (Å²) in [7, 11) is 3.27. The van der Waals surface area contributed by atoms with Crippen LogP contribution in [0.25, 0.3) is 0 Å². The van der Waals surface area contributed by atoms with Gasteiger partial charge in [0, 0.05) is 5.56 Å². The molecule has 0 unspecified atom stereocenters. The first-order valence-corrected chi connectivity index (χ1v) is 6.15. The molecule has 102 valence electrons. The van der Waals surface area contributed by atoms with Gasteiger partial charge in [-0.15, -0.1) is 0 Å². The number of nitrogens with one attached hydrogen (secondary N) is 2. The van der Waals surface area contributed by atoms with Gasteiger partial charge in [-0.2, -0.15) is 5.10 Å². The summed E-state index contributed by atoms with van der Waals surface area (Å²) in [5.41, 5.74) is 4.16. The van der Waals surface area contributed by atoms with Crippen LogP contribution in [0, 0.1) is 11.7 Å². The van der Waals surface area contributed by atoms with Crippen LogP contribution in [0.15, 0.2) is 18.2 Å². The lowest BCUT2D eigenvalue weighted by Crippen LogP contribution is -2.16. The van der Waals surface area contributed by atoms with Crippen LogP contribution in [0.4, 0.5) is 0 Å². The molecule has 0 aliphatic carbocycles. The van der Waals surface area contributed by atoms with Gasteiger partial charge in [0.15, 0.2) is 0 Å². The number of nitrogens with zero attached hydrogens (tertiary/aromatic N) is 2. The Kier molecular flexibility index (Phi) is 4.06. The third-order valence-electron chi connectivity index (χ3n) is 2.76. The third kappa shape index (κ3) is 2.87. The highest BCUT2D eigenvalue weighted by Crippen LogP contribution is 2.23. The average Bonchev–Trinajstić information content (AvgIpc) is 2.75. The molecule has 0 aliphatic rings. The van der Waals surface area contributed by atoms with Crippen molar-refractivity contribution in [1.82, 2.24) is 14.9 Å². The molecule has 1 aromatic heterocycles. The molecule has 0 spiro atoms. The second-order valence-corrected chi connectivity index (χ2v) is 4.31. The molecule has 0 radical (unpaired) electrons. The lowest BCUT2D eigenvalue weighted by molar-refractivity contribution is 0.399. The van der Waals surface area contributed by atoms with E-state index in [2.05, 4.69) is 15.6 Å². The van der Waals surface area contributed by atoms with Crippen molar-refractivity contribution in [2.24, 2.45) is 0 Å². The number of aromatic nitrogens is 3. The summed E-state index contributed by atoms with van der Waals surface area (Å²) in [4.78, 5) is 0. The molecule has 0 saturated carbocycles. The van der Waals surface area contributed by atoms with E-state index in [0.29, 0.717) is 11.3 Å². The zero-order valence-corrected chi connectivity index (χ0v) is 11.9. The Morgan fingerprint density at radius 3 is 2.74 bits per heavy atom. The van der Waals surface area contributed by atoms with E-state index in [9.17, 15) is 0 Å². The van der Waals surface area contributed by atoms with Gasteiger partial charge in [-0.3, -0.25) is 5.10 Å². The van der Waals surface area contributed by atoms with E-state index in [1.165, 1.54) is 0 Å². The highest BCUT2D eigenvalue weighted by atomic mass is 32.1. The van der Waals surface area contributed by atoms with E-state index in [1.807, 2.05) is 25.1 Å². The first-order valence-electron chi connectivity index (χ1n) is 5.74. The fraction of sp³-hybridized carbons (Fsp3) is 0.333. The van der Waals surface area contributed by atoms with Gasteiger partial charge in [0.1, 0.15) is 17.3 Å². The monoisotopic (exact) mass is 280 g/mol. The zero-order valence-electron chi connectivity index (χ0n) is 11.1. The summed E-state index contributed by atoms with van der Waals surface area (Å²) in [6.45, 7) is 2.41. The lowest BCUT2D eigenvalue weighted by atomic mass is 10.2. The van der Waals surface area contributed by atoms with Crippen LogP contribution in [0.1, 0.15) is 11.4 Å². The van der Waals surface area contributed by atoms with E-state index < -0.39 is 0 Å². The number of aryl methyl sites for hydroxylation is 1. The minimum atomic E-state index is 0.527. The van der Waals surface area contributed by atoms with Crippen molar-refractivity contribution in [3.8, 4) is 11.5 Å². The standard InChI is InChI=1S/C12H16N4O2S/c1-8-14-15-12(19)16(8)13-7-9-6-10(17-2)4-5-11(9)18-3/h4-6,13H,7H2,1-3H3,(H,15,19). The second kappa shape index (κ2) is 5.75. The van der Waals surface area contributed by atoms with Crippen molar-refractivity contribution in [3.05, 3.63) is 34.4 Å². The first-order chi connectivity index (χ1) is 9.15. The van der Waals surface area contributed by atoms with Crippen LogP contribution in [-0.4, -0.2) is 29.1 Å². The molecule has 1 aromatic carbocycles. The van der Waals surface area contributed by atoms with Crippen LogP contribution in [0.2, 0.25) is 0 Å². The normalized spacial score (nSPS) is 10.3. The highest BCUT2D eigenvalue weighted by molar-refractivity contribution is 7.71. The van der Waals surface area contributed by atoms with Crippen molar-refractivity contribution in [2.75, 3.05) is 19.6 Å². The molecule has 1 heterocycles. The van der Waals surface area contributed by atoms with Crippen LogP contribution >= 0.6 is 12.2 Å². The Labute approximate surface area is 116 Å². The second-order valence-electron chi connectivity index (χ2n) is 3.92. The van der Waals surface area contributed by atoms with Crippen molar-refractivity contribution < 1.29 is 9.47 Å². The van der Waals surface area contributed by atoms with E-state index in [-0.39, 0.29) is 0 Å². The molecule has 2 N–H and O–H groups in total. The molecule has 19 heavy (non-hydrogen) atoms. The van der Waals surface area contributed by atoms with E-state index in [0.717, 1.165) is 22.9 Å². The molecular weight excluding hydrogens is 264 g/mol. The van der Waals surface area contributed by atoms with Gasteiger partial charge in [-0.25, -0.2) is 4.68 Å². The molecule has 0 fully saturated rings. The number of hydrogen-bond acceptors (Lipinski definition) is 5. The highest BCUT2D eigenvalue weighted by Gasteiger charge is 2.06. The Morgan fingerprint density at radius 2 is 2.16 bits per heavy atom. The first kappa shape index (κ1) is 13.4. The number of hydrogen-bond donors (Lipinski definition) is 2. The maximum absolute atomic E-state index is 5.32. The van der Waals surface area contributed by atoms with Gasteiger partial charge in [-0.05, 0) is 37.3 Å².